The van der Waals surface area contributed by atoms with Gasteiger partial charge in [0.25, 0.3) is 0 Å². The molecule has 1 aliphatic carbocycles. The Morgan fingerprint density at radius 3 is 1.45 bits per heavy atom. The average Bonchev–Trinajstić information content (AvgIpc) is 2.76. The van der Waals surface area contributed by atoms with Gasteiger partial charge in [-0.2, -0.15) is 0 Å². The minimum Gasteiger partial charge on any atom is -0.300 e. The van der Waals surface area contributed by atoms with E-state index in [4.69, 9.17) is 0 Å². The summed E-state index contributed by atoms with van der Waals surface area (Å²) in [6.45, 7) is 0. The number of Topliss-reactive ketones (excluding diaryl/α,β-unsaturated/α-hetero) is 1. The molecule has 1 atom stereocenters. The van der Waals surface area contributed by atoms with Gasteiger partial charge in [-0.3, -0.25) is 4.79 Å². The Hall–Kier alpha value is -1.62. The molecule has 3 aromatic carbocycles. The molecule has 1 saturated carbocycles. The van der Waals surface area contributed by atoms with Gasteiger partial charge >= 0.3 is 0 Å². The topological polar surface area (TPSA) is 17.1 Å². The Kier molecular flexibility index (Phi) is 7.06. The van der Waals surface area contributed by atoms with E-state index >= 15 is 0 Å². The molecule has 0 radical (unpaired) electrons. The summed E-state index contributed by atoms with van der Waals surface area (Å²) in [5.74, 6) is 0.714. The number of hydrogen-bond acceptors (Lipinski definition) is 4. The lowest BCUT2D eigenvalue weighted by Crippen LogP contribution is -2.32. The van der Waals surface area contributed by atoms with Gasteiger partial charge in [-0.1, -0.05) is 89.9 Å². The zero-order valence-electron chi connectivity index (χ0n) is 16.2. The molecule has 29 heavy (non-hydrogen) atoms. The maximum Gasteiger partial charge on any atom is 0.133 e. The third kappa shape index (κ3) is 5.50. The van der Waals surface area contributed by atoms with Gasteiger partial charge in [-0.25, -0.2) is 0 Å². The van der Waals surface area contributed by atoms with Crippen LogP contribution in [0.2, 0.25) is 0 Å². The summed E-state index contributed by atoms with van der Waals surface area (Å²) in [5, 5.41) is 0. The number of rotatable bonds is 7. The van der Waals surface area contributed by atoms with Gasteiger partial charge in [0.1, 0.15) is 9.19 Å². The third-order valence-corrected chi connectivity index (χ3v) is 9.87. The first-order valence-corrected chi connectivity index (χ1v) is 12.4. The van der Waals surface area contributed by atoms with Crippen LogP contribution in [-0.4, -0.2) is 9.19 Å². The minimum absolute atomic E-state index is 0.208. The molecule has 0 heterocycles. The number of carbonyl (C=O) groups is 1. The van der Waals surface area contributed by atoms with Crippen LogP contribution in [0.4, 0.5) is 0 Å². The van der Waals surface area contributed by atoms with Crippen molar-refractivity contribution in [3.63, 3.8) is 0 Å². The van der Waals surface area contributed by atoms with Crippen molar-refractivity contribution in [2.45, 2.75) is 43.8 Å². The molecular formula is C25H24OS3. The summed E-state index contributed by atoms with van der Waals surface area (Å²) < 4.78 is -0.208. The Morgan fingerprint density at radius 1 is 0.655 bits per heavy atom. The van der Waals surface area contributed by atoms with Gasteiger partial charge in [0.15, 0.2) is 0 Å². The smallest absolute Gasteiger partial charge is 0.133 e. The molecule has 0 amide bonds. The van der Waals surface area contributed by atoms with E-state index < -0.39 is 0 Å². The highest BCUT2D eigenvalue weighted by atomic mass is 32.3. The third-order valence-electron chi connectivity index (χ3n) is 4.99. The van der Waals surface area contributed by atoms with Gasteiger partial charge < -0.3 is 0 Å². The largest absolute Gasteiger partial charge is 0.300 e. The van der Waals surface area contributed by atoms with Crippen LogP contribution in [0, 0.1) is 5.92 Å². The predicted molar refractivity (Wildman–Crippen MR) is 127 cm³/mol. The van der Waals surface area contributed by atoms with Crippen LogP contribution in [0.25, 0.3) is 0 Å². The zero-order valence-corrected chi connectivity index (χ0v) is 18.6. The van der Waals surface area contributed by atoms with Crippen molar-refractivity contribution in [1.29, 1.82) is 0 Å². The van der Waals surface area contributed by atoms with Crippen molar-refractivity contribution in [2.75, 3.05) is 0 Å². The predicted octanol–water partition coefficient (Wildman–Crippen LogP) is 7.78. The van der Waals surface area contributed by atoms with Crippen LogP contribution in [0.3, 0.4) is 0 Å². The van der Waals surface area contributed by atoms with E-state index in [9.17, 15) is 4.79 Å². The zero-order chi connectivity index (χ0) is 19.9. The molecule has 0 saturated heterocycles. The Morgan fingerprint density at radius 2 is 1.07 bits per heavy atom. The lowest BCUT2D eigenvalue weighted by Gasteiger charge is -2.41. The van der Waals surface area contributed by atoms with Crippen LogP contribution < -0.4 is 0 Å². The highest BCUT2D eigenvalue weighted by molar-refractivity contribution is 8.33. The van der Waals surface area contributed by atoms with Gasteiger partial charge in [0.2, 0.25) is 0 Å². The van der Waals surface area contributed by atoms with Crippen molar-refractivity contribution in [1.82, 2.24) is 0 Å². The summed E-state index contributed by atoms with van der Waals surface area (Å²) in [5.41, 5.74) is 0. The maximum atomic E-state index is 12.4. The molecular weight excluding hydrogens is 412 g/mol. The quantitative estimate of drug-likeness (QED) is 0.278. The number of benzene rings is 3. The van der Waals surface area contributed by atoms with Gasteiger partial charge in [0.05, 0.1) is 0 Å². The number of ketones is 1. The molecule has 4 rings (SSSR count). The molecule has 0 bridgehead atoms. The lowest BCUT2D eigenvalue weighted by atomic mass is 9.89. The number of thioether (sulfide) groups is 3. The Bertz CT molecular complexity index is 811. The van der Waals surface area contributed by atoms with E-state index in [2.05, 4.69) is 91.0 Å². The summed E-state index contributed by atoms with van der Waals surface area (Å²) >= 11 is 5.72. The lowest BCUT2D eigenvalue weighted by molar-refractivity contribution is -0.121. The standard InChI is InChI=1S/C25H24OS3/c26-21-12-10-11-20(19-21)25(27-22-13-4-1-5-14-22,28-23-15-6-2-7-16-23)29-24-17-8-3-9-18-24/h1-9,13-18,20H,10-12,19H2/t20-/m1/s1. The molecule has 1 fully saturated rings. The molecule has 0 aromatic heterocycles. The second-order valence-corrected chi connectivity index (χ2v) is 11.9. The SMILES string of the molecule is O=C1CCC[C@@H](C(Sc2ccccc2)(Sc2ccccc2)Sc2ccccc2)C1. The molecule has 4 heteroatoms. The molecule has 0 N–H and O–H groups in total. The van der Waals surface area contributed by atoms with Crippen molar-refractivity contribution in [2.24, 2.45) is 5.92 Å². The van der Waals surface area contributed by atoms with Gasteiger partial charge in [0, 0.05) is 33.4 Å². The molecule has 148 valence electrons. The summed E-state index contributed by atoms with van der Waals surface area (Å²) in [6, 6.07) is 31.9. The van der Waals surface area contributed by atoms with Gasteiger partial charge in [-0.15, -0.1) is 0 Å². The summed E-state index contributed by atoms with van der Waals surface area (Å²) in [7, 11) is 0. The van der Waals surface area contributed by atoms with E-state index in [0.29, 0.717) is 18.1 Å². The van der Waals surface area contributed by atoms with Crippen LogP contribution in [-0.2, 0) is 4.79 Å². The number of carbonyl (C=O) groups excluding carboxylic acids is 1. The number of hydrogen-bond donors (Lipinski definition) is 0. The average molecular weight is 437 g/mol. The minimum atomic E-state index is -0.208. The monoisotopic (exact) mass is 436 g/mol. The van der Waals surface area contributed by atoms with Crippen LogP contribution >= 0.6 is 35.3 Å². The van der Waals surface area contributed by atoms with Crippen LogP contribution in [0.15, 0.2) is 106 Å². The van der Waals surface area contributed by atoms with E-state index in [-0.39, 0.29) is 3.41 Å². The Labute approximate surface area is 186 Å². The van der Waals surface area contributed by atoms with Crippen LogP contribution in [0.5, 0.6) is 0 Å². The summed E-state index contributed by atoms with van der Waals surface area (Å²) in [6.07, 6.45) is 3.48. The molecule has 0 aliphatic heterocycles. The maximum absolute atomic E-state index is 12.4. The first kappa shape index (κ1) is 20.6. The second kappa shape index (κ2) is 9.92. The molecule has 0 spiro atoms. The first-order chi connectivity index (χ1) is 14.2. The molecule has 3 aromatic rings. The van der Waals surface area contributed by atoms with E-state index in [0.717, 1.165) is 19.3 Å². The Balaban J connectivity index is 1.76. The first-order valence-electron chi connectivity index (χ1n) is 9.97. The van der Waals surface area contributed by atoms with Crippen molar-refractivity contribution in [3.05, 3.63) is 91.0 Å². The van der Waals surface area contributed by atoms with Gasteiger partial charge in [-0.05, 0) is 49.2 Å². The van der Waals surface area contributed by atoms with E-state index in [1.54, 1.807) is 0 Å². The van der Waals surface area contributed by atoms with Crippen molar-refractivity contribution in [3.8, 4) is 0 Å². The highest BCUT2D eigenvalue weighted by Gasteiger charge is 2.44. The fourth-order valence-electron chi connectivity index (χ4n) is 3.60. The fraction of sp³-hybridized carbons (Fsp3) is 0.240. The molecule has 0 unspecified atom stereocenters. The van der Waals surface area contributed by atoms with Crippen molar-refractivity contribution >= 4 is 41.1 Å². The normalized spacial score (nSPS) is 17.2. The second-order valence-electron chi connectivity index (χ2n) is 7.18. The molecule has 1 nitrogen and oxygen atoms in total. The summed E-state index contributed by atoms with van der Waals surface area (Å²) in [4.78, 5) is 16.2. The van der Waals surface area contributed by atoms with Crippen molar-refractivity contribution < 1.29 is 4.79 Å². The molecule has 1 aliphatic rings. The fourth-order valence-corrected chi connectivity index (χ4v) is 8.80. The van der Waals surface area contributed by atoms with E-state index in [1.165, 1.54) is 14.7 Å². The van der Waals surface area contributed by atoms with Crippen LogP contribution in [0.1, 0.15) is 25.7 Å². The highest BCUT2D eigenvalue weighted by Crippen LogP contribution is 2.61. The van der Waals surface area contributed by atoms with E-state index in [1.807, 2.05) is 35.3 Å².